The van der Waals surface area contributed by atoms with Crippen LogP contribution in [-0.4, -0.2) is 9.97 Å². The number of benzene rings is 1. The molecule has 3 rings (SSSR count). The zero-order valence-corrected chi connectivity index (χ0v) is 14.2. The number of pyridine rings is 1. The van der Waals surface area contributed by atoms with Crippen LogP contribution in [0.25, 0.3) is 22.4 Å². The summed E-state index contributed by atoms with van der Waals surface area (Å²) in [5, 5.41) is 0.752. The molecule has 0 fully saturated rings. The molecular weight excluding hydrogens is 385 g/mol. The van der Waals surface area contributed by atoms with E-state index < -0.39 is 0 Å². The summed E-state index contributed by atoms with van der Waals surface area (Å²) in [7, 11) is 0. The number of halogens is 2. The second kappa shape index (κ2) is 6.10. The summed E-state index contributed by atoms with van der Waals surface area (Å²) in [6.45, 7) is 5.06. The average Bonchev–Trinajstić information content (AvgIpc) is 2.82. The number of H-pyrrole nitrogens is 1. The van der Waals surface area contributed by atoms with Crippen LogP contribution in [0.1, 0.15) is 12.5 Å². The van der Waals surface area contributed by atoms with Gasteiger partial charge in [0.25, 0.3) is 0 Å². The van der Waals surface area contributed by atoms with E-state index in [0.717, 1.165) is 39.6 Å². The smallest absolute Gasteiger partial charge is 0.179 e. The Balaban J connectivity index is 0.00000147. The van der Waals surface area contributed by atoms with Crippen molar-refractivity contribution < 1.29 is 28.5 Å². The highest BCUT2D eigenvalue weighted by Crippen LogP contribution is 2.24. The highest BCUT2D eigenvalue weighted by molar-refractivity contribution is 6.32. The van der Waals surface area contributed by atoms with Gasteiger partial charge in [-0.2, -0.15) is 0 Å². The lowest BCUT2D eigenvalue weighted by atomic mass is 10.2. The molecule has 0 atom stereocenters. The number of hydrogen-bond acceptors (Lipinski definition) is 1. The van der Waals surface area contributed by atoms with E-state index in [0.29, 0.717) is 0 Å². The van der Waals surface area contributed by atoms with Crippen molar-refractivity contribution in [1.29, 1.82) is 0 Å². The molecule has 0 amide bonds. The molecule has 0 unspecified atom stereocenters. The van der Waals surface area contributed by atoms with Crippen LogP contribution in [0.3, 0.4) is 0 Å². The fourth-order valence-electron chi connectivity index (χ4n) is 2.14. The Labute approximate surface area is 140 Å². The third kappa shape index (κ3) is 2.81. The molecule has 1 aromatic carbocycles. The Kier molecular flexibility index (Phi) is 4.65. The van der Waals surface area contributed by atoms with E-state index in [2.05, 4.69) is 33.7 Å². The third-order valence-corrected chi connectivity index (χ3v) is 3.67. The molecule has 5 heteroatoms. The van der Waals surface area contributed by atoms with Gasteiger partial charge in [-0.15, -0.1) is 0 Å². The maximum Gasteiger partial charge on any atom is 0.179 e. The van der Waals surface area contributed by atoms with Crippen molar-refractivity contribution in [3.63, 3.8) is 0 Å². The van der Waals surface area contributed by atoms with E-state index >= 15 is 0 Å². The van der Waals surface area contributed by atoms with Crippen LogP contribution in [0.15, 0.2) is 36.7 Å². The number of nitrogens with one attached hydrogen (secondary N) is 1. The van der Waals surface area contributed by atoms with Crippen molar-refractivity contribution in [2.45, 2.75) is 20.4 Å². The van der Waals surface area contributed by atoms with Gasteiger partial charge in [0, 0.05) is 11.1 Å². The van der Waals surface area contributed by atoms with Gasteiger partial charge in [0.15, 0.2) is 12.4 Å². The van der Waals surface area contributed by atoms with Gasteiger partial charge in [-0.25, -0.2) is 9.55 Å². The highest BCUT2D eigenvalue weighted by atomic mass is 127. The van der Waals surface area contributed by atoms with Crippen LogP contribution in [0.5, 0.6) is 0 Å². The molecule has 20 heavy (non-hydrogen) atoms. The predicted octanol–water partition coefficient (Wildman–Crippen LogP) is 0.503. The van der Waals surface area contributed by atoms with Crippen LogP contribution >= 0.6 is 11.6 Å². The van der Waals surface area contributed by atoms with E-state index in [9.17, 15) is 0 Å². The summed E-state index contributed by atoms with van der Waals surface area (Å²) in [4.78, 5) is 7.96. The molecule has 2 heterocycles. The van der Waals surface area contributed by atoms with E-state index in [1.807, 2.05) is 31.3 Å². The Bertz CT molecular complexity index is 713. The standard InChI is InChI=1S/C15H15ClN3.HI/c1-3-19-6-4-5-11(9-19)15-17-13-7-10(2)12(16)8-14(13)18-15;/h4-9H,3H2,1-2H3,(H,17,18);1H/q+1;/p-1. The largest absolute Gasteiger partial charge is 1.00 e. The van der Waals surface area contributed by atoms with Gasteiger partial charge in [-0.1, -0.05) is 11.6 Å². The van der Waals surface area contributed by atoms with Gasteiger partial charge >= 0.3 is 0 Å². The first-order chi connectivity index (χ1) is 9.17. The number of aromatic amines is 1. The monoisotopic (exact) mass is 399 g/mol. The lowest BCUT2D eigenvalue weighted by molar-refractivity contribution is -0.693. The second-order valence-corrected chi connectivity index (χ2v) is 5.03. The molecule has 0 saturated heterocycles. The molecule has 2 aromatic heterocycles. The lowest BCUT2D eigenvalue weighted by Crippen LogP contribution is -3.00. The number of fused-ring (bicyclic) bond motifs is 1. The Morgan fingerprint density at radius 1 is 1.35 bits per heavy atom. The number of aryl methyl sites for hydroxylation is 2. The molecule has 1 N–H and O–H groups in total. The molecule has 0 aliphatic carbocycles. The van der Waals surface area contributed by atoms with Gasteiger partial charge in [-0.3, -0.25) is 0 Å². The zero-order valence-electron chi connectivity index (χ0n) is 11.3. The molecular formula is C15H15ClIN3. The number of aromatic nitrogens is 3. The Morgan fingerprint density at radius 2 is 2.15 bits per heavy atom. The topological polar surface area (TPSA) is 32.6 Å². The fraction of sp³-hybridized carbons (Fsp3) is 0.200. The Morgan fingerprint density at radius 3 is 2.90 bits per heavy atom. The van der Waals surface area contributed by atoms with Crippen LogP contribution in [0.4, 0.5) is 0 Å². The first-order valence-corrected chi connectivity index (χ1v) is 6.70. The van der Waals surface area contributed by atoms with E-state index in [4.69, 9.17) is 11.6 Å². The maximum absolute atomic E-state index is 6.13. The summed E-state index contributed by atoms with van der Waals surface area (Å²) in [6.07, 6.45) is 4.14. The Hall–Kier alpha value is -1.14. The summed E-state index contributed by atoms with van der Waals surface area (Å²) in [6, 6.07) is 8.02. The van der Waals surface area contributed by atoms with Gasteiger partial charge < -0.3 is 29.0 Å². The first-order valence-electron chi connectivity index (χ1n) is 6.32. The minimum atomic E-state index is 0. The summed E-state index contributed by atoms with van der Waals surface area (Å²) in [5.74, 6) is 0.875. The molecule has 0 aliphatic heterocycles. The van der Waals surface area contributed by atoms with Gasteiger partial charge in [0.2, 0.25) is 0 Å². The molecule has 0 saturated carbocycles. The van der Waals surface area contributed by atoms with E-state index in [1.54, 1.807) is 0 Å². The van der Waals surface area contributed by atoms with Crippen LogP contribution in [0, 0.1) is 6.92 Å². The number of hydrogen-bond donors (Lipinski definition) is 1. The first kappa shape index (κ1) is 15.3. The van der Waals surface area contributed by atoms with E-state index in [-0.39, 0.29) is 24.0 Å². The second-order valence-electron chi connectivity index (χ2n) is 4.63. The lowest BCUT2D eigenvalue weighted by Gasteiger charge is -1.95. The molecule has 3 aromatic rings. The summed E-state index contributed by atoms with van der Waals surface area (Å²) >= 11 is 6.13. The predicted molar refractivity (Wildman–Crippen MR) is 77.1 cm³/mol. The fourth-order valence-corrected chi connectivity index (χ4v) is 2.29. The SMILES string of the molecule is CC[n+]1cccc(-c2nc3cc(Cl)c(C)cc3[nH]2)c1.[I-]. The summed E-state index contributed by atoms with van der Waals surface area (Å²) < 4.78 is 2.13. The maximum atomic E-state index is 6.13. The van der Waals surface area contributed by atoms with Crippen molar-refractivity contribution in [2.75, 3.05) is 0 Å². The van der Waals surface area contributed by atoms with Crippen molar-refractivity contribution in [3.8, 4) is 11.4 Å². The zero-order chi connectivity index (χ0) is 13.4. The molecule has 0 spiro atoms. The quantitative estimate of drug-likeness (QED) is 0.494. The average molecular weight is 400 g/mol. The number of imidazole rings is 1. The van der Waals surface area contributed by atoms with Gasteiger partial charge in [-0.05, 0) is 37.6 Å². The van der Waals surface area contributed by atoms with Gasteiger partial charge in [0.05, 0.1) is 16.6 Å². The summed E-state index contributed by atoms with van der Waals surface area (Å²) in [5.41, 5.74) is 4.05. The molecule has 0 radical (unpaired) electrons. The van der Waals surface area contributed by atoms with Crippen molar-refractivity contribution in [2.24, 2.45) is 0 Å². The third-order valence-electron chi connectivity index (χ3n) is 3.26. The van der Waals surface area contributed by atoms with E-state index in [1.165, 1.54) is 0 Å². The molecule has 0 aliphatic rings. The minimum Gasteiger partial charge on any atom is -1.00 e. The number of nitrogens with zero attached hydrogens (tertiary/aromatic N) is 2. The van der Waals surface area contributed by atoms with Gasteiger partial charge in [0.1, 0.15) is 12.4 Å². The minimum absolute atomic E-state index is 0. The van der Waals surface area contributed by atoms with Crippen molar-refractivity contribution >= 4 is 22.6 Å². The molecule has 3 nitrogen and oxygen atoms in total. The number of rotatable bonds is 2. The highest BCUT2D eigenvalue weighted by Gasteiger charge is 2.10. The van der Waals surface area contributed by atoms with Crippen molar-refractivity contribution in [3.05, 3.63) is 47.2 Å². The van der Waals surface area contributed by atoms with Crippen molar-refractivity contribution in [1.82, 2.24) is 9.97 Å². The molecule has 104 valence electrons. The van der Waals surface area contributed by atoms with Crippen LogP contribution in [-0.2, 0) is 6.54 Å². The van der Waals surface area contributed by atoms with Crippen LogP contribution in [0.2, 0.25) is 5.02 Å². The normalized spacial score (nSPS) is 10.6. The molecule has 0 bridgehead atoms. The van der Waals surface area contributed by atoms with Crippen LogP contribution < -0.4 is 28.5 Å².